The van der Waals surface area contributed by atoms with Crippen LogP contribution in [0.25, 0.3) is 0 Å². The molecule has 0 aromatic rings. The molecular weight excluding hydrogens is 711 g/mol. The minimum atomic E-state index is -4.38. The maximum atomic E-state index is 12.3. The molecule has 8 aliphatic carbocycles. The van der Waals surface area contributed by atoms with E-state index < -0.39 is 33.2 Å². The van der Waals surface area contributed by atoms with E-state index in [0.717, 1.165) is 103 Å². The summed E-state index contributed by atoms with van der Waals surface area (Å²) in [6.45, 7) is 0.365. The Morgan fingerprint density at radius 3 is 1.44 bits per heavy atom. The number of aliphatic hydroxyl groups excluding tert-OH is 2. The maximum absolute atomic E-state index is 12.3. The summed E-state index contributed by atoms with van der Waals surface area (Å²) in [6.07, 6.45) is 31.4. The lowest BCUT2D eigenvalue weighted by atomic mass is 9.30. The van der Waals surface area contributed by atoms with Crippen molar-refractivity contribution in [1.29, 1.82) is 0 Å². The predicted octanol–water partition coefficient (Wildman–Crippen LogP) is 9.97. The Morgan fingerprint density at radius 1 is 0.509 bits per heavy atom. The summed E-state index contributed by atoms with van der Waals surface area (Å²) < 4.78 is 34.5. The number of unbranched alkanes of at least 4 members (excludes halogenated alkanes) is 10. The molecule has 17 atom stereocenters. The predicted molar refractivity (Wildman–Crippen MR) is 215 cm³/mol. The van der Waals surface area contributed by atoms with Crippen molar-refractivity contribution in [3.63, 3.8) is 0 Å². The molecule has 0 aromatic carbocycles. The van der Waals surface area contributed by atoms with Crippen LogP contribution in [0.5, 0.6) is 0 Å². The molecule has 8 aliphatic rings. The average Bonchev–Trinajstić information content (AvgIpc) is 3.16. The van der Waals surface area contributed by atoms with Crippen LogP contribution in [-0.4, -0.2) is 67.0 Å². The minimum absolute atomic E-state index is 0.126. The van der Waals surface area contributed by atoms with E-state index in [-0.39, 0.29) is 6.61 Å². The van der Waals surface area contributed by atoms with Crippen LogP contribution in [0.4, 0.5) is 0 Å². The molecule has 0 aliphatic heterocycles. The lowest BCUT2D eigenvalue weighted by Crippen LogP contribution is -2.69. The van der Waals surface area contributed by atoms with Crippen molar-refractivity contribution in [3.8, 4) is 0 Å². The molecule has 8 rings (SSSR count). The highest BCUT2D eigenvalue weighted by atomic mass is 31.2. The lowest BCUT2D eigenvalue weighted by Gasteiger charge is -2.74. The summed E-state index contributed by atoms with van der Waals surface area (Å²) in [5, 5.41) is 18.5. The van der Waals surface area contributed by atoms with Crippen LogP contribution in [0, 0.1) is 82.9 Å². The first-order chi connectivity index (χ1) is 26.9. The Kier molecular flexibility index (Phi) is 14.8. The van der Waals surface area contributed by atoms with Gasteiger partial charge in [-0.1, -0.05) is 89.9 Å². The van der Waals surface area contributed by atoms with Gasteiger partial charge in [-0.25, -0.2) is 4.57 Å². The number of rotatable bonds is 28. The first kappa shape index (κ1) is 41.7. The van der Waals surface area contributed by atoms with Gasteiger partial charge in [-0.3, -0.25) is 9.05 Å². The highest BCUT2D eigenvalue weighted by Gasteiger charge is 2.69. The Labute approximate surface area is 334 Å². The van der Waals surface area contributed by atoms with E-state index >= 15 is 0 Å². The molecule has 3 N–H and O–H groups in total. The van der Waals surface area contributed by atoms with E-state index in [1.165, 1.54) is 89.4 Å². The summed E-state index contributed by atoms with van der Waals surface area (Å²) in [5.41, 5.74) is 0. The number of phosphoric acid groups is 1. The zero-order valence-corrected chi connectivity index (χ0v) is 35.2. The van der Waals surface area contributed by atoms with Gasteiger partial charge >= 0.3 is 7.82 Å². The second-order valence-corrected chi connectivity index (χ2v) is 21.9. The van der Waals surface area contributed by atoms with E-state index in [9.17, 15) is 14.6 Å². The van der Waals surface area contributed by atoms with E-state index in [4.69, 9.17) is 23.6 Å². The van der Waals surface area contributed by atoms with Crippen LogP contribution in [0.1, 0.15) is 154 Å². The van der Waals surface area contributed by atoms with Gasteiger partial charge in [0, 0.05) is 13.2 Å². The Hall–Kier alpha value is -0.0500. The van der Waals surface area contributed by atoms with Crippen LogP contribution in [-0.2, 0) is 23.1 Å². The molecule has 8 fully saturated rings. The first-order valence-corrected chi connectivity index (χ1v) is 25.5. The largest absolute Gasteiger partial charge is 0.472 e. The van der Waals surface area contributed by atoms with Gasteiger partial charge in [-0.2, -0.15) is 0 Å². The van der Waals surface area contributed by atoms with Crippen molar-refractivity contribution < 1.29 is 38.2 Å². The molecule has 0 spiro atoms. The minimum Gasteiger partial charge on any atom is -0.394 e. The molecule has 8 nitrogen and oxygen atoms in total. The van der Waals surface area contributed by atoms with Crippen molar-refractivity contribution in [2.75, 3.05) is 39.6 Å². The van der Waals surface area contributed by atoms with Gasteiger partial charge in [-0.05, 0) is 147 Å². The summed E-state index contributed by atoms with van der Waals surface area (Å²) >= 11 is 0. The molecule has 0 bridgehead atoms. The lowest BCUT2D eigenvalue weighted by molar-refractivity contribution is -0.264. The van der Waals surface area contributed by atoms with Crippen molar-refractivity contribution in [2.45, 2.75) is 166 Å². The molecule has 0 aromatic heterocycles. The number of phosphoric ester groups is 1. The highest BCUT2D eigenvalue weighted by Crippen LogP contribution is 2.75. The van der Waals surface area contributed by atoms with Gasteiger partial charge in [0.15, 0.2) is 0 Å². The molecule has 9 heteroatoms. The third-order valence-electron chi connectivity index (χ3n) is 17.6. The molecule has 0 amide bonds. The highest BCUT2D eigenvalue weighted by molar-refractivity contribution is 7.47. The Bertz CT molecular complexity index is 1220. The number of fused-ring (bicyclic) bond motifs is 14. The fourth-order valence-electron chi connectivity index (χ4n) is 14.6. The van der Waals surface area contributed by atoms with Crippen LogP contribution in [0.15, 0.2) is 0 Å². The van der Waals surface area contributed by atoms with Gasteiger partial charge in [0.1, 0.15) is 12.2 Å². The zero-order valence-electron chi connectivity index (χ0n) is 34.3. The molecule has 15 unspecified atom stereocenters. The number of ether oxygens (including phenoxy) is 2. The molecule has 0 saturated heterocycles. The molecule has 316 valence electrons. The number of hydrogen-bond donors (Lipinski definition) is 3. The van der Waals surface area contributed by atoms with E-state index in [1.54, 1.807) is 44.9 Å². The van der Waals surface area contributed by atoms with Crippen LogP contribution in [0.2, 0.25) is 0 Å². The van der Waals surface area contributed by atoms with Gasteiger partial charge in [0.05, 0.1) is 26.4 Å². The van der Waals surface area contributed by atoms with Crippen molar-refractivity contribution >= 4 is 7.82 Å². The molecule has 55 heavy (non-hydrogen) atoms. The monoisotopic (exact) mass is 791 g/mol. The fraction of sp³-hybridized carbons (Fsp3) is 1.00. The van der Waals surface area contributed by atoms with E-state index in [2.05, 4.69) is 0 Å². The first-order valence-electron chi connectivity index (χ1n) is 24.0. The van der Waals surface area contributed by atoms with E-state index in [1.807, 2.05) is 0 Å². The second-order valence-electron chi connectivity index (χ2n) is 20.4. The molecule has 8 saturated carbocycles. The van der Waals surface area contributed by atoms with Crippen LogP contribution < -0.4 is 0 Å². The number of hydrogen-bond acceptors (Lipinski definition) is 7. The fourth-order valence-corrected chi connectivity index (χ4v) is 15.4. The number of aliphatic hydroxyl groups is 2. The van der Waals surface area contributed by atoms with Gasteiger partial charge in [-0.15, -0.1) is 0 Å². The summed E-state index contributed by atoms with van der Waals surface area (Å²) in [7, 11) is -4.38. The van der Waals surface area contributed by atoms with Crippen molar-refractivity contribution in [1.82, 2.24) is 0 Å². The maximum Gasteiger partial charge on any atom is 0.472 e. The van der Waals surface area contributed by atoms with Crippen molar-refractivity contribution in [3.05, 3.63) is 0 Å². The normalized spacial score (nSPS) is 41.0. The van der Waals surface area contributed by atoms with Crippen LogP contribution in [0.3, 0.4) is 0 Å². The molecular formula is C46H79O8P. The van der Waals surface area contributed by atoms with Crippen molar-refractivity contribution in [2.24, 2.45) is 82.9 Å². The molecule has 0 heterocycles. The third kappa shape index (κ3) is 9.63. The van der Waals surface area contributed by atoms with Gasteiger partial charge in [0.2, 0.25) is 0 Å². The smallest absolute Gasteiger partial charge is 0.394 e. The quantitative estimate of drug-likeness (QED) is 0.0530. The van der Waals surface area contributed by atoms with Crippen LogP contribution >= 0.6 is 7.82 Å². The Morgan fingerprint density at radius 2 is 0.927 bits per heavy atom. The summed E-state index contributed by atoms with van der Waals surface area (Å²) in [4.78, 5) is 10.1. The second kappa shape index (κ2) is 19.6. The summed E-state index contributed by atoms with van der Waals surface area (Å²) in [5.74, 6) is 15.7. The van der Waals surface area contributed by atoms with Gasteiger partial charge < -0.3 is 24.6 Å². The summed E-state index contributed by atoms with van der Waals surface area (Å²) in [6, 6.07) is 0. The average molecular weight is 791 g/mol. The third-order valence-corrected chi connectivity index (χ3v) is 18.6. The SMILES string of the molecule is O=P(O)(OC[C@@H](O)CO)OC[C@@H](COCCCCCCCCC1CCC2C(C1)C1C3CCC3C21)OCCCCCCCCC1CCC2C(C1)C1C3CCC3C21. The Balaban J connectivity index is 0.631. The zero-order chi connectivity index (χ0) is 37.8. The standard InChI is InChI=1S/C46H79O8P/c47-27-33(48)28-53-55(49,50)54-30-34(52-24-12-8-4-2-6-10-14-32-16-18-40-42(26-32)46-38-22-20-36(38)44(40)46)29-51-23-11-7-3-1-5-9-13-31-15-17-39-41(25-31)45-37-21-19-35(37)43(39)45/h31-48H,1-30H2,(H,49,50)/t31?,32?,33-,34+,35?,36?,37?,38?,39?,40?,41?,42?,43?,44?,45?,46?/m0/s1. The van der Waals surface area contributed by atoms with E-state index in [0.29, 0.717) is 19.8 Å². The molecule has 0 radical (unpaired) electrons. The van der Waals surface area contributed by atoms with Gasteiger partial charge in [0.25, 0.3) is 0 Å². The topological polar surface area (TPSA) is 115 Å².